The first-order valence-corrected chi connectivity index (χ1v) is 45.6. The fraction of sp³-hybridized carbons (Fsp3) is 1.00. The molecule has 14 bridgehead atoms. The first-order valence-electron chi connectivity index (χ1n) is 45.6. The summed E-state index contributed by atoms with van der Waals surface area (Å²) >= 11 is 0. The van der Waals surface area contributed by atoms with Crippen LogP contribution in [0.5, 0.6) is 0 Å². The molecular weight excluding hydrogens is 1780 g/mol. The highest BCUT2D eigenvalue weighted by Crippen LogP contribution is 2.41. The first-order chi connectivity index (χ1) is 61.4. The van der Waals surface area contributed by atoms with Gasteiger partial charge in [0, 0.05) is 0 Å². The van der Waals surface area contributed by atoms with Crippen molar-refractivity contribution in [2.75, 3.05) is 286 Å². The molecule has 42 unspecified atom stereocenters. The number of hydrogen-bond acceptors (Lipinski definition) is 42. The molecule has 21 aliphatic rings. The van der Waals surface area contributed by atoms with Gasteiger partial charge < -0.3 is 238 Å². The molecule has 42 atom stereocenters. The van der Waals surface area contributed by atoms with Crippen LogP contribution in [-0.4, -0.2) is 683 Å². The van der Waals surface area contributed by atoms with Crippen molar-refractivity contribution in [1.29, 1.82) is 0 Å². The minimum Gasteiger partial charge on any atom is -0.387 e. The van der Waals surface area contributed by atoms with Gasteiger partial charge in [0.05, 0.1) is 240 Å². The molecule has 0 aliphatic carbocycles. The van der Waals surface area contributed by atoms with E-state index in [-0.39, 0.29) is 77.2 Å². The van der Waals surface area contributed by atoms with Crippen molar-refractivity contribution in [2.45, 2.75) is 258 Å². The highest BCUT2D eigenvalue weighted by atomic mass is 16.8. The lowest BCUT2D eigenvalue weighted by Crippen LogP contribution is -2.68. The first kappa shape index (κ1) is 116. The van der Waals surface area contributed by atoms with E-state index in [9.17, 15) is 107 Å². The van der Waals surface area contributed by atoms with Crippen molar-refractivity contribution in [3.8, 4) is 0 Å². The molecule has 0 saturated carbocycles. The third-order valence-electron chi connectivity index (χ3n) is 23.0. The van der Waals surface area contributed by atoms with Crippen molar-refractivity contribution >= 4 is 0 Å². The Balaban J connectivity index is 1.27. The topological polar surface area (TPSA) is 619 Å². The number of hydrogen-bond donors (Lipinski definition) is 21. The highest BCUT2D eigenvalue weighted by molar-refractivity contribution is 5.03. The molecule has 0 aromatic heterocycles. The highest BCUT2D eigenvalue weighted by Gasteiger charge is 2.61. The smallest absolute Gasteiger partial charge is 0.187 e. The molecule has 49 nitrogen and oxygen atoms in total. The average Bonchev–Trinajstić information content (AvgIpc) is 0.863. The number of aliphatic hydroxyl groups excluding tert-OH is 21. The number of aliphatic hydroxyl groups is 21. The molecule has 0 amide bonds. The summed E-state index contributed by atoms with van der Waals surface area (Å²) in [5.41, 5.74) is 0. The summed E-state index contributed by atoms with van der Waals surface area (Å²) < 4.78 is 134. The summed E-state index contributed by atoms with van der Waals surface area (Å²) in [4.78, 5) is 0. The van der Waals surface area contributed by atoms with Gasteiger partial charge >= 0.3 is 0 Å². The van der Waals surface area contributed by atoms with E-state index < -0.39 is 350 Å². The Morgan fingerprint density at radius 1 is 0.165 bits per heavy atom. The fourth-order valence-electron chi connectivity index (χ4n) is 17.4. The monoisotopic (exact) mass is 1950 g/mol. The molecule has 21 aliphatic heterocycles. The lowest BCUT2D eigenvalue weighted by molar-refractivity contribution is -0.873. The van der Waals surface area contributed by atoms with Gasteiger partial charge in [0.2, 0.25) is 0 Å². The Morgan fingerprint density at radius 2 is 0.263 bits per heavy atom. The Morgan fingerprint density at radius 3 is 0.353 bits per heavy atom. The maximum Gasteiger partial charge on any atom is 0.187 e. The number of ether oxygens (including phenoxy) is 21. The molecule has 49 heteroatoms. The number of nitrogens with zero attached hydrogens (tertiary/aromatic N) is 7. The van der Waals surface area contributed by atoms with Gasteiger partial charge in [0.25, 0.3) is 0 Å². The van der Waals surface area contributed by atoms with Gasteiger partial charge in [-0.15, -0.1) is 0 Å². The molecule has 21 N–H and O–H groups in total. The fourth-order valence-corrected chi connectivity index (χ4v) is 17.4. The van der Waals surface area contributed by atoms with Crippen molar-refractivity contribution in [3.05, 3.63) is 0 Å². The lowest BCUT2D eigenvalue weighted by atomic mass is 9.95. The third-order valence-corrected chi connectivity index (χ3v) is 23.0. The van der Waals surface area contributed by atoms with E-state index in [1.165, 1.54) is 0 Å². The van der Waals surface area contributed by atoms with Crippen LogP contribution in [0.2, 0.25) is 0 Å². The van der Waals surface area contributed by atoms with Crippen LogP contribution >= 0.6 is 0 Å². The summed E-state index contributed by atoms with van der Waals surface area (Å²) in [6.45, 7) is -6.39. The van der Waals surface area contributed by atoms with Crippen LogP contribution in [0.4, 0.5) is 0 Å². The predicted molar refractivity (Wildman–Crippen MR) is 457 cm³/mol. The van der Waals surface area contributed by atoms with Crippen molar-refractivity contribution in [1.82, 2.24) is 0 Å². The molecule has 0 aromatic carbocycles. The predicted octanol–water partition coefficient (Wildman–Crippen LogP) is -14.6. The second-order valence-electron chi connectivity index (χ2n) is 44.0. The number of quaternary nitrogens is 7. The zero-order valence-corrected chi connectivity index (χ0v) is 81.2. The van der Waals surface area contributed by atoms with Crippen LogP contribution in [0, 0.1) is 0 Å². The minimum atomic E-state index is -2.29. The Labute approximate surface area is 779 Å². The summed E-state index contributed by atoms with van der Waals surface area (Å²) in [7, 11) is 38.0. The Hall–Kier alpha value is -1.96. The SMILES string of the molecule is C[N+](C)(C)CC(O)COCC1OC2OC3C(COCC(O)C[N+](C)(C)C)OC(OC4C(COCC(O)C[N+](C)(C)C)OC(OC5C(COCC(O)C[N+](C)(C)C)OC(OC6C(COCC(O)C[N+](C)(C)C)OC(OC7C(COCC(O)C[N+](C)(C)C)OC(OC8C(COCC(O)C[N+](C)(C)C)OC(OC1C(O)C2O)C(O)C8O)C(O)C7O)C(O)C6O)C(O)C5O)C(O)C4O)C(O)C3O. The summed E-state index contributed by atoms with van der Waals surface area (Å²) in [6, 6.07) is 0. The molecule has 0 spiro atoms. The summed E-state index contributed by atoms with van der Waals surface area (Å²) in [5.74, 6) is 0. The lowest BCUT2D eigenvalue weighted by Gasteiger charge is -2.50. The molecule has 21 heterocycles. The molecule has 784 valence electrons. The molecule has 21 saturated heterocycles. The van der Waals surface area contributed by atoms with Crippen LogP contribution in [-0.2, 0) is 99.5 Å². The van der Waals surface area contributed by atoms with Gasteiger partial charge in [0.1, 0.15) is 259 Å². The number of rotatable bonds is 42. The second kappa shape index (κ2) is 50.0. The summed E-state index contributed by atoms with van der Waals surface area (Å²) in [5, 5.41) is 254. The van der Waals surface area contributed by atoms with Crippen LogP contribution in [0.1, 0.15) is 0 Å². The maximum atomic E-state index is 12.6. The van der Waals surface area contributed by atoms with E-state index in [0.717, 1.165) is 0 Å². The van der Waals surface area contributed by atoms with Gasteiger partial charge in [0.15, 0.2) is 44.0 Å². The Bertz CT molecular complexity index is 2740. The molecule has 0 radical (unpaired) electrons. The minimum absolute atomic E-state index is 0.142. The molecule has 21 fully saturated rings. The van der Waals surface area contributed by atoms with Gasteiger partial charge in [-0.2, -0.15) is 0 Å². The van der Waals surface area contributed by atoms with Gasteiger partial charge in [-0.05, 0) is 0 Å². The standard InChI is InChI=1S/C84H168N7O42/c1-85(2,3)22-43(92)29-113-36-50-71-57(99)64(106)78(120-50)128-72-51(37-114-30-44(93)23-86(4,5)6)122-80(66(108)59(72)101)130-74-53(39-116-32-46(95)25-88(10,11)12)124-82(68(110)61(74)103)132-76-55(41-118-34-48(97)27-90(16,17)18)126-84(70(112)63(76)105)133-77-56(42-119-35-49(98)28-91(19,20)21)125-83(69(111)62(77)104)131-75-54(40-117-33-47(96)26-89(13,14)15)123-81(67(109)60(75)102)129-73-52(121-79(127-71)65(107)58(73)100)38-115-31-45(94)24-87(7,8)9/h43-84,92-112H,22-42H2,1-21H3/q+7. The molecule has 21 rings (SSSR count). The van der Waals surface area contributed by atoms with E-state index in [0.29, 0.717) is 0 Å². The normalized spacial score (nSPS) is 39.8. The van der Waals surface area contributed by atoms with E-state index in [4.69, 9.17) is 99.5 Å². The van der Waals surface area contributed by atoms with Crippen molar-refractivity contribution in [2.24, 2.45) is 0 Å². The Kier molecular flexibility index (Phi) is 43.7. The van der Waals surface area contributed by atoms with Crippen molar-refractivity contribution < 1.29 is 238 Å². The van der Waals surface area contributed by atoms with Crippen LogP contribution in [0.3, 0.4) is 0 Å². The van der Waals surface area contributed by atoms with E-state index in [1.54, 1.807) is 0 Å². The van der Waals surface area contributed by atoms with E-state index >= 15 is 0 Å². The largest absolute Gasteiger partial charge is 0.387 e. The zero-order valence-electron chi connectivity index (χ0n) is 81.2. The van der Waals surface area contributed by atoms with Gasteiger partial charge in [-0.3, -0.25) is 0 Å². The third kappa shape index (κ3) is 36.1. The van der Waals surface area contributed by atoms with Crippen molar-refractivity contribution in [3.63, 3.8) is 0 Å². The summed E-state index contributed by atoms with van der Waals surface area (Å²) in [6.07, 6.45) is -80.0. The molecule has 133 heavy (non-hydrogen) atoms. The quantitative estimate of drug-likeness (QED) is 0.0252. The maximum absolute atomic E-state index is 12.6. The average molecular weight is 1950 g/mol. The molecule has 0 aromatic rings. The van der Waals surface area contributed by atoms with Gasteiger partial charge in [-0.25, -0.2) is 0 Å². The van der Waals surface area contributed by atoms with Crippen LogP contribution < -0.4 is 0 Å². The van der Waals surface area contributed by atoms with E-state index in [1.807, 2.05) is 148 Å². The second-order valence-corrected chi connectivity index (χ2v) is 44.0. The van der Waals surface area contributed by atoms with Crippen LogP contribution in [0.25, 0.3) is 0 Å². The number of likely N-dealkylation sites (N-methyl/N-ethyl adjacent to an activating group) is 7. The molecular formula is C84H168N7O42+7. The van der Waals surface area contributed by atoms with Gasteiger partial charge in [-0.1, -0.05) is 0 Å². The van der Waals surface area contributed by atoms with E-state index in [2.05, 4.69) is 0 Å². The zero-order chi connectivity index (χ0) is 99.4. The van der Waals surface area contributed by atoms with Crippen LogP contribution in [0.15, 0.2) is 0 Å².